The highest BCUT2D eigenvalue weighted by Crippen LogP contribution is 2.28. The summed E-state index contributed by atoms with van der Waals surface area (Å²) in [6, 6.07) is 8.57. The highest BCUT2D eigenvalue weighted by Gasteiger charge is 2.09. The van der Waals surface area contributed by atoms with Gasteiger partial charge in [0.15, 0.2) is 11.5 Å². The third-order valence-corrected chi connectivity index (χ3v) is 2.47. The fourth-order valence-corrected chi connectivity index (χ4v) is 1.62. The Morgan fingerprint density at radius 3 is 2.62 bits per heavy atom. The van der Waals surface area contributed by atoms with Crippen LogP contribution in [0.4, 0.5) is 0 Å². The first-order valence-corrected chi connectivity index (χ1v) is 5.12. The standard InChI is InChI=1S/C13H13NO2/c1-15-12-7-6-10(9-13(12)16-2)11-5-3-4-8-14-11/h6-7,9H,3,5H2,1-2H3. The smallest absolute Gasteiger partial charge is 0.161 e. The fourth-order valence-electron chi connectivity index (χ4n) is 1.62. The second kappa shape index (κ2) is 4.71. The molecule has 0 saturated carbocycles. The third-order valence-electron chi connectivity index (χ3n) is 2.47. The average Bonchev–Trinajstić information content (AvgIpc) is 2.39. The summed E-state index contributed by atoms with van der Waals surface area (Å²) in [6.07, 6.45) is 1.76. The van der Waals surface area contributed by atoms with Gasteiger partial charge in [0.1, 0.15) is 0 Å². The molecule has 1 aromatic rings. The first-order valence-electron chi connectivity index (χ1n) is 5.12. The molecular weight excluding hydrogens is 202 g/mol. The van der Waals surface area contributed by atoms with Gasteiger partial charge in [-0.15, -0.1) is 0 Å². The molecule has 82 valence electrons. The number of rotatable bonds is 3. The van der Waals surface area contributed by atoms with Crippen LogP contribution in [0.2, 0.25) is 0 Å². The van der Waals surface area contributed by atoms with Crippen LogP contribution in [0.25, 0.3) is 0 Å². The Balaban J connectivity index is 2.37. The Bertz CT molecular complexity index is 480. The minimum Gasteiger partial charge on any atom is -0.493 e. The summed E-state index contributed by atoms with van der Waals surface area (Å²) in [5.74, 6) is 4.40. The van der Waals surface area contributed by atoms with Crippen molar-refractivity contribution in [2.45, 2.75) is 12.8 Å². The molecule has 1 heterocycles. The first-order chi connectivity index (χ1) is 7.85. The highest BCUT2D eigenvalue weighted by molar-refractivity contribution is 6.02. The molecule has 0 fully saturated rings. The summed E-state index contributed by atoms with van der Waals surface area (Å²) < 4.78 is 10.4. The van der Waals surface area contributed by atoms with Crippen LogP contribution < -0.4 is 9.47 Å². The minimum absolute atomic E-state index is 0.723. The van der Waals surface area contributed by atoms with Crippen LogP contribution in [0.3, 0.4) is 0 Å². The lowest BCUT2D eigenvalue weighted by Crippen LogP contribution is -2.03. The van der Waals surface area contributed by atoms with Gasteiger partial charge in [-0.2, -0.15) is 0 Å². The molecule has 1 aliphatic heterocycles. The molecule has 0 aliphatic carbocycles. The van der Waals surface area contributed by atoms with Crippen molar-refractivity contribution in [1.82, 2.24) is 0 Å². The number of benzene rings is 1. The van der Waals surface area contributed by atoms with E-state index in [0.717, 1.165) is 35.6 Å². The van der Waals surface area contributed by atoms with E-state index in [0.29, 0.717) is 0 Å². The zero-order valence-corrected chi connectivity index (χ0v) is 9.41. The first kappa shape index (κ1) is 10.6. The number of ether oxygens (including phenoxy) is 2. The second-order valence-corrected chi connectivity index (χ2v) is 3.42. The number of hydrogen-bond donors (Lipinski definition) is 0. The maximum atomic E-state index is 5.25. The van der Waals surface area contributed by atoms with Gasteiger partial charge < -0.3 is 9.47 Å². The molecule has 3 heteroatoms. The zero-order chi connectivity index (χ0) is 11.4. The van der Waals surface area contributed by atoms with Gasteiger partial charge in [0.25, 0.3) is 0 Å². The molecule has 0 amide bonds. The molecule has 0 saturated heterocycles. The van der Waals surface area contributed by atoms with E-state index in [-0.39, 0.29) is 0 Å². The van der Waals surface area contributed by atoms with E-state index in [1.54, 1.807) is 14.2 Å². The lowest BCUT2D eigenvalue weighted by atomic mass is 10.0. The largest absolute Gasteiger partial charge is 0.493 e. The van der Waals surface area contributed by atoms with E-state index < -0.39 is 0 Å². The van der Waals surface area contributed by atoms with Gasteiger partial charge >= 0.3 is 0 Å². The molecule has 0 unspecified atom stereocenters. The molecular formula is C13H13NO2. The van der Waals surface area contributed by atoms with E-state index in [9.17, 15) is 0 Å². The van der Waals surface area contributed by atoms with Crippen molar-refractivity contribution in [3.05, 3.63) is 23.8 Å². The van der Waals surface area contributed by atoms with Crippen LogP contribution in [0.5, 0.6) is 11.5 Å². The van der Waals surface area contributed by atoms with Crippen molar-refractivity contribution in [2.75, 3.05) is 14.2 Å². The summed E-state index contributed by atoms with van der Waals surface area (Å²) in [6.45, 7) is 0. The van der Waals surface area contributed by atoms with Crippen LogP contribution >= 0.6 is 0 Å². The fraction of sp³-hybridized carbons (Fsp3) is 0.308. The zero-order valence-electron chi connectivity index (χ0n) is 9.41. The van der Waals surface area contributed by atoms with Crippen LogP contribution in [-0.2, 0) is 0 Å². The van der Waals surface area contributed by atoms with E-state index in [4.69, 9.17) is 9.47 Å². The lowest BCUT2D eigenvalue weighted by Gasteiger charge is -2.10. The monoisotopic (exact) mass is 215 g/mol. The van der Waals surface area contributed by atoms with Crippen molar-refractivity contribution in [3.8, 4) is 23.5 Å². The van der Waals surface area contributed by atoms with Crippen LogP contribution in [0.15, 0.2) is 23.2 Å². The van der Waals surface area contributed by atoms with Crippen LogP contribution in [0.1, 0.15) is 18.4 Å². The lowest BCUT2D eigenvalue weighted by molar-refractivity contribution is 0.355. The van der Waals surface area contributed by atoms with E-state index >= 15 is 0 Å². The van der Waals surface area contributed by atoms with Crippen LogP contribution in [-0.4, -0.2) is 19.9 Å². The summed E-state index contributed by atoms with van der Waals surface area (Å²) in [4.78, 5) is 4.19. The molecule has 0 aromatic heterocycles. The van der Waals surface area contributed by atoms with Gasteiger partial charge in [0, 0.05) is 24.4 Å². The summed E-state index contributed by atoms with van der Waals surface area (Å²) >= 11 is 0. The maximum Gasteiger partial charge on any atom is 0.161 e. The topological polar surface area (TPSA) is 30.8 Å². The molecule has 0 radical (unpaired) electrons. The molecule has 0 bridgehead atoms. The van der Waals surface area contributed by atoms with Gasteiger partial charge in [-0.3, -0.25) is 0 Å². The van der Waals surface area contributed by atoms with Crippen molar-refractivity contribution in [1.29, 1.82) is 0 Å². The maximum absolute atomic E-state index is 5.25. The Morgan fingerprint density at radius 1 is 1.19 bits per heavy atom. The molecule has 2 rings (SSSR count). The molecule has 16 heavy (non-hydrogen) atoms. The normalized spacial score (nSPS) is 13.5. The Hall–Kier alpha value is -1.95. The number of methoxy groups -OCH3 is 2. The predicted molar refractivity (Wildman–Crippen MR) is 63.1 cm³/mol. The minimum atomic E-state index is 0.723. The average molecular weight is 215 g/mol. The Labute approximate surface area is 95.1 Å². The Kier molecular flexibility index (Phi) is 3.11. The summed E-state index contributed by atoms with van der Waals surface area (Å²) in [7, 11) is 3.26. The predicted octanol–water partition coefficient (Wildman–Crippen LogP) is 2.25. The molecule has 0 atom stereocenters. The van der Waals surface area contributed by atoms with E-state index in [1.807, 2.05) is 18.2 Å². The van der Waals surface area contributed by atoms with Gasteiger partial charge in [-0.25, -0.2) is 4.99 Å². The second-order valence-electron chi connectivity index (χ2n) is 3.42. The van der Waals surface area contributed by atoms with Crippen molar-refractivity contribution < 1.29 is 9.47 Å². The molecule has 1 aliphatic rings. The van der Waals surface area contributed by atoms with Gasteiger partial charge in [-0.1, -0.05) is 5.92 Å². The third kappa shape index (κ3) is 2.01. The van der Waals surface area contributed by atoms with Gasteiger partial charge in [0.2, 0.25) is 0 Å². The van der Waals surface area contributed by atoms with Crippen LogP contribution in [0, 0.1) is 12.0 Å². The summed E-state index contributed by atoms with van der Waals surface area (Å²) in [5.41, 5.74) is 2.06. The van der Waals surface area contributed by atoms with Crippen molar-refractivity contribution in [3.63, 3.8) is 0 Å². The number of aliphatic imine (C=N–C) groups is 1. The Morgan fingerprint density at radius 2 is 2.00 bits per heavy atom. The van der Waals surface area contributed by atoms with Crippen molar-refractivity contribution in [2.24, 2.45) is 4.99 Å². The number of nitrogens with zero attached hydrogens (tertiary/aromatic N) is 1. The van der Waals surface area contributed by atoms with Gasteiger partial charge in [0.05, 0.1) is 19.9 Å². The summed E-state index contributed by atoms with van der Waals surface area (Å²) in [5, 5.41) is 0. The molecule has 0 N–H and O–H groups in total. The SMILES string of the molecule is COc1ccc(C2=NC#CCC2)cc1OC. The van der Waals surface area contributed by atoms with Gasteiger partial charge in [-0.05, 0) is 18.2 Å². The van der Waals surface area contributed by atoms with Crippen molar-refractivity contribution >= 4 is 5.71 Å². The van der Waals surface area contributed by atoms with E-state index in [2.05, 4.69) is 17.0 Å². The molecule has 3 nitrogen and oxygen atoms in total. The quantitative estimate of drug-likeness (QED) is 0.724. The molecule has 1 aromatic carbocycles. The number of hydrogen-bond acceptors (Lipinski definition) is 3. The highest BCUT2D eigenvalue weighted by atomic mass is 16.5. The van der Waals surface area contributed by atoms with E-state index in [1.165, 1.54) is 0 Å². The molecule has 0 spiro atoms.